The number of furan rings is 1. The van der Waals surface area contributed by atoms with Crippen molar-refractivity contribution in [2.45, 2.75) is 32.7 Å². The number of carbonyl (C=O) groups excluding carboxylic acids is 2. The quantitative estimate of drug-likeness (QED) is 0.144. The normalized spacial score (nSPS) is 14.7. The lowest BCUT2D eigenvalue weighted by atomic mass is 10.1. The molecule has 0 atom stereocenters. The highest BCUT2D eigenvalue weighted by Crippen LogP contribution is 2.34. The van der Waals surface area contributed by atoms with Gasteiger partial charge in [0.1, 0.15) is 15.8 Å². The Morgan fingerprint density at radius 1 is 1.06 bits per heavy atom. The Kier molecular flexibility index (Phi) is 7.98. The van der Waals surface area contributed by atoms with Gasteiger partial charge in [-0.15, -0.1) is 0 Å². The maximum absolute atomic E-state index is 12.9. The third-order valence-electron chi connectivity index (χ3n) is 5.34. The second-order valence-corrected chi connectivity index (χ2v) is 9.55. The summed E-state index contributed by atoms with van der Waals surface area (Å²) in [5.41, 5.74) is 2.36. The molecule has 1 aliphatic heterocycles. The van der Waals surface area contributed by atoms with Crippen molar-refractivity contribution >= 4 is 46.3 Å². The van der Waals surface area contributed by atoms with Crippen LogP contribution >= 0.6 is 24.0 Å². The Balaban J connectivity index is 1.41. The molecule has 5 nitrogen and oxygen atoms in total. The van der Waals surface area contributed by atoms with E-state index in [0.29, 0.717) is 39.5 Å². The third kappa shape index (κ3) is 5.85. The van der Waals surface area contributed by atoms with Crippen molar-refractivity contribution in [3.8, 4) is 11.3 Å². The van der Waals surface area contributed by atoms with E-state index in [0.717, 1.165) is 30.4 Å². The highest BCUT2D eigenvalue weighted by atomic mass is 32.2. The number of rotatable bonds is 9. The topological polar surface area (TPSA) is 59.8 Å². The summed E-state index contributed by atoms with van der Waals surface area (Å²) >= 11 is 6.70. The number of thiocarbonyl (C=S) groups is 1. The standard InChI is InChI=1S/C27H25NO4S2/c1-2-3-7-16-31-26(30)21-12-10-20(11-13-21)23-15-14-22(32-23)17-24-25(29)28(27(33)34-24)18-19-8-5-4-6-9-19/h4-6,8-15,17H,2-3,7,16,18H2,1H3/b24-17+. The van der Waals surface area contributed by atoms with E-state index in [-0.39, 0.29) is 11.9 Å². The Hall–Kier alpha value is -3.16. The minimum atomic E-state index is -0.319. The van der Waals surface area contributed by atoms with Crippen LogP contribution in [0.25, 0.3) is 17.4 Å². The Morgan fingerprint density at radius 3 is 2.56 bits per heavy atom. The maximum Gasteiger partial charge on any atom is 0.338 e. The van der Waals surface area contributed by atoms with Gasteiger partial charge < -0.3 is 9.15 Å². The van der Waals surface area contributed by atoms with E-state index in [4.69, 9.17) is 21.4 Å². The summed E-state index contributed by atoms with van der Waals surface area (Å²) in [4.78, 5) is 27.2. The zero-order valence-electron chi connectivity index (χ0n) is 18.9. The second-order valence-electron chi connectivity index (χ2n) is 7.88. The van der Waals surface area contributed by atoms with Crippen LogP contribution in [-0.2, 0) is 16.1 Å². The van der Waals surface area contributed by atoms with Gasteiger partial charge in [0.15, 0.2) is 0 Å². The number of unbranched alkanes of at least 4 members (excludes halogenated alkanes) is 2. The number of hydrogen-bond donors (Lipinski definition) is 0. The van der Waals surface area contributed by atoms with Crippen molar-refractivity contribution in [3.05, 3.63) is 88.5 Å². The number of carbonyl (C=O) groups is 2. The summed E-state index contributed by atoms with van der Waals surface area (Å²) in [6.45, 7) is 2.99. The predicted octanol–water partition coefficient (Wildman–Crippen LogP) is 6.70. The van der Waals surface area contributed by atoms with Crippen LogP contribution < -0.4 is 0 Å². The molecule has 0 radical (unpaired) electrons. The molecule has 1 saturated heterocycles. The number of thioether (sulfide) groups is 1. The third-order valence-corrected chi connectivity index (χ3v) is 6.72. The van der Waals surface area contributed by atoms with E-state index in [1.54, 1.807) is 23.1 Å². The fourth-order valence-electron chi connectivity index (χ4n) is 3.49. The van der Waals surface area contributed by atoms with Gasteiger partial charge in [-0.2, -0.15) is 0 Å². The summed E-state index contributed by atoms with van der Waals surface area (Å²) in [5.74, 6) is 0.766. The van der Waals surface area contributed by atoms with Crippen molar-refractivity contribution in [3.63, 3.8) is 0 Å². The SMILES string of the molecule is CCCCCOC(=O)c1ccc(-c2ccc(/C=C3/SC(=S)N(Cc4ccccc4)C3=O)o2)cc1. The van der Waals surface area contributed by atoms with Crippen LogP contribution in [0.4, 0.5) is 0 Å². The van der Waals surface area contributed by atoms with E-state index in [2.05, 4.69) is 6.92 Å². The zero-order chi connectivity index (χ0) is 23.9. The summed E-state index contributed by atoms with van der Waals surface area (Å²) in [7, 11) is 0. The first-order valence-electron chi connectivity index (χ1n) is 11.2. The van der Waals surface area contributed by atoms with Crippen molar-refractivity contribution in [2.24, 2.45) is 0 Å². The van der Waals surface area contributed by atoms with Gasteiger partial charge in [-0.25, -0.2) is 4.79 Å². The molecule has 34 heavy (non-hydrogen) atoms. The molecule has 174 valence electrons. The van der Waals surface area contributed by atoms with E-state index in [1.165, 1.54) is 11.8 Å². The molecule has 1 fully saturated rings. The average Bonchev–Trinajstić information content (AvgIpc) is 3.43. The van der Waals surface area contributed by atoms with Gasteiger partial charge in [0, 0.05) is 11.6 Å². The van der Waals surface area contributed by atoms with Gasteiger partial charge in [0.2, 0.25) is 0 Å². The molecule has 4 rings (SSSR count). The molecule has 2 heterocycles. The van der Waals surface area contributed by atoms with Crippen LogP contribution in [0.5, 0.6) is 0 Å². The predicted molar refractivity (Wildman–Crippen MR) is 139 cm³/mol. The van der Waals surface area contributed by atoms with Gasteiger partial charge in [0.05, 0.1) is 23.6 Å². The molecule has 0 saturated carbocycles. The van der Waals surface area contributed by atoms with Gasteiger partial charge in [-0.1, -0.05) is 86.2 Å². The molecule has 7 heteroatoms. The minimum absolute atomic E-state index is 0.126. The highest BCUT2D eigenvalue weighted by molar-refractivity contribution is 8.26. The lowest BCUT2D eigenvalue weighted by Crippen LogP contribution is -2.27. The smallest absolute Gasteiger partial charge is 0.338 e. The van der Waals surface area contributed by atoms with Crippen molar-refractivity contribution in [2.75, 3.05) is 6.61 Å². The molecule has 1 aromatic heterocycles. The molecule has 1 aliphatic rings. The second kappa shape index (κ2) is 11.3. The number of nitrogens with zero attached hydrogens (tertiary/aromatic N) is 1. The number of hydrogen-bond acceptors (Lipinski definition) is 6. The highest BCUT2D eigenvalue weighted by Gasteiger charge is 2.32. The number of benzene rings is 2. The molecule has 3 aromatic rings. The van der Waals surface area contributed by atoms with Gasteiger partial charge in [-0.3, -0.25) is 9.69 Å². The Morgan fingerprint density at radius 2 is 1.82 bits per heavy atom. The maximum atomic E-state index is 12.9. The monoisotopic (exact) mass is 491 g/mol. The lowest BCUT2D eigenvalue weighted by Gasteiger charge is -2.14. The van der Waals surface area contributed by atoms with E-state index < -0.39 is 0 Å². The van der Waals surface area contributed by atoms with Crippen LogP contribution in [0.3, 0.4) is 0 Å². The zero-order valence-corrected chi connectivity index (χ0v) is 20.5. The molecular weight excluding hydrogens is 466 g/mol. The molecule has 0 bridgehead atoms. The lowest BCUT2D eigenvalue weighted by molar-refractivity contribution is -0.122. The number of amides is 1. The van der Waals surface area contributed by atoms with Crippen LogP contribution in [0.15, 0.2) is 76.1 Å². The summed E-state index contributed by atoms with van der Waals surface area (Å²) < 4.78 is 11.8. The molecule has 0 N–H and O–H groups in total. The van der Waals surface area contributed by atoms with E-state index >= 15 is 0 Å². The first-order valence-corrected chi connectivity index (χ1v) is 12.4. The first-order chi connectivity index (χ1) is 16.5. The van der Waals surface area contributed by atoms with E-state index in [9.17, 15) is 9.59 Å². The van der Waals surface area contributed by atoms with Gasteiger partial charge in [-0.05, 0) is 36.2 Å². The molecular formula is C27H25NO4S2. The average molecular weight is 492 g/mol. The largest absolute Gasteiger partial charge is 0.462 e. The fourth-order valence-corrected chi connectivity index (χ4v) is 4.72. The molecule has 2 aromatic carbocycles. The van der Waals surface area contributed by atoms with Gasteiger partial charge in [0.25, 0.3) is 5.91 Å². The summed E-state index contributed by atoms with van der Waals surface area (Å²) in [6.07, 6.45) is 4.72. The van der Waals surface area contributed by atoms with Crippen LogP contribution in [0.1, 0.15) is 47.9 Å². The number of ether oxygens (including phenoxy) is 1. The first kappa shape index (κ1) is 24.0. The van der Waals surface area contributed by atoms with Crippen LogP contribution in [0, 0.1) is 0 Å². The molecule has 0 spiro atoms. The van der Waals surface area contributed by atoms with Crippen molar-refractivity contribution in [1.82, 2.24) is 4.90 Å². The summed E-state index contributed by atoms with van der Waals surface area (Å²) in [5, 5.41) is 0. The van der Waals surface area contributed by atoms with Crippen LogP contribution in [0.2, 0.25) is 0 Å². The van der Waals surface area contributed by atoms with Crippen LogP contribution in [-0.4, -0.2) is 27.7 Å². The summed E-state index contributed by atoms with van der Waals surface area (Å²) in [6, 6.07) is 20.5. The van der Waals surface area contributed by atoms with Gasteiger partial charge >= 0.3 is 5.97 Å². The molecule has 0 unspecified atom stereocenters. The minimum Gasteiger partial charge on any atom is -0.462 e. The number of esters is 1. The Bertz CT molecular complexity index is 1200. The molecule has 0 aliphatic carbocycles. The molecule has 1 amide bonds. The fraction of sp³-hybridized carbons (Fsp3) is 0.222. The van der Waals surface area contributed by atoms with Crippen molar-refractivity contribution < 1.29 is 18.7 Å². The van der Waals surface area contributed by atoms with E-state index in [1.807, 2.05) is 54.6 Å². The Labute approximate surface area is 208 Å². The van der Waals surface area contributed by atoms with Crippen molar-refractivity contribution in [1.29, 1.82) is 0 Å².